The van der Waals surface area contributed by atoms with E-state index in [1.807, 2.05) is 44.2 Å². The molecule has 114 valence electrons. The Morgan fingerprint density at radius 3 is 2.52 bits per heavy atom. The minimum absolute atomic E-state index is 0.0521. The first kappa shape index (κ1) is 15.9. The van der Waals surface area contributed by atoms with E-state index >= 15 is 0 Å². The number of carboxylic acids is 1. The van der Waals surface area contributed by atoms with Crippen LogP contribution in [0.15, 0.2) is 35.2 Å². The van der Waals surface area contributed by atoms with E-state index in [0.29, 0.717) is 13.0 Å². The zero-order chi connectivity index (χ0) is 15.4. The van der Waals surface area contributed by atoms with Crippen LogP contribution < -0.4 is 0 Å². The van der Waals surface area contributed by atoms with Crippen molar-refractivity contribution in [3.8, 4) is 0 Å². The van der Waals surface area contributed by atoms with Crippen LogP contribution in [0.5, 0.6) is 0 Å². The fraction of sp³-hybridized carbons (Fsp3) is 0.500. The number of rotatable bonds is 5. The molecule has 1 aliphatic rings. The van der Waals surface area contributed by atoms with Crippen LogP contribution in [0.1, 0.15) is 26.7 Å². The van der Waals surface area contributed by atoms with Crippen molar-refractivity contribution < 1.29 is 14.7 Å². The quantitative estimate of drug-likeness (QED) is 0.850. The van der Waals surface area contributed by atoms with Gasteiger partial charge in [-0.25, -0.2) is 4.79 Å². The van der Waals surface area contributed by atoms with E-state index < -0.39 is 12.0 Å². The zero-order valence-corrected chi connectivity index (χ0v) is 13.2. The van der Waals surface area contributed by atoms with Gasteiger partial charge in [-0.2, -0.15) is 0 Å². The first-order valence-electron chi connectivity index (χ1n) is 7.25. The van der Waals surface area contributed by atoms with Gasteiger partial charge in [0.2, 0.25) is 5.91 Å². The summed E-state index contributed by atoms with van der Waals surface area (Å²) in [5.41, 5.74) is 0. The standard InChI is InChI=1S/C16H21NO3S/c1-11(2)14(21-12-7-4-3-5-8-12)15(18)17-10-6-9-13(17)16(19)20/h3-5,7-8,11,13-14H,6,9-10H2,1-2H3,(H,19,20). The Bertz CT molecular complexity index is 504. The third-order valence-electron chi connectivity index (χ3n) is 3.68. The van der Waals surface area contributed by atoms with Crippen LogP contribution in [0.2, 0.25) is 0 Å². The van der Waals surface area contributed by atoms with E-state index in [1.54, 1.807) is 4.90 Å². The molecule has 2 atom stereocenters. The second-order valence-corrected chi connectivity index (χ2v) is 6.84. The molecule has 1 heterocycles. The Morgan fingerprint density at radius 2 is 1.95 bits per heavy atom. The normalized spacial score (nSPS) is 19.8. The van der Waals surface area contributed by atoms with Gasteiger partial charge < -0.3 is 10.0 Å². The van der Waals surface area contributed by atoms with E-state index in [1.165, 1.54) is 11.8 Å². The molecule has 21 heavy (non-hydrogen) atoms. The van der Waals surface area contributed by atoms with Crippen molar-refractivity contribution in [2.24, 2.45) is 5.92 Å². The molecule has 0 spiro atoms. The van der Waals surface area contributed by atoms with Crippen LogP contribution in [0.3, 0.4) is 0 Å². The van der Waals surface area contributed by atoms with Gasteiger partial charge in [-0.3, -0.25) is 4.79 Å². The zero-order valence-electron chi connectivity index (χ0n) is 12.4. The van der Waals surface area contributed by atoms with E-state index in [-0.39, 0.29) is 17.1 Å². The highest BCUT2D eigenvalue weighted by Gasteiger charge is 2.38. The highest BCUT2D eigenvalue weighted by atomic mass is 32.2. The molecule has 0 radical (unpaired) electrons. The summed E-state index contributed by atoms with van der Waals surface area (Å²) in [4.78, 5) is 26.6. The van der Waals surface area contributed by atoms with Gasteiger partial charge in [0.15, 0.2) is 0 Å². The number of carbonyl (C=O) groups is 2. The lowest BCUT2D eigenvalue weighted by atomic mass is 10.1. The summed E-state index contributed by atoms with van der Waals surface area (Å²) in [5, 5.41) is 9.00. The Balaban J connectivity index is 2.14. The van der Waals surface area contributed by atoms with Crippen LogP contribution in [0.25, 0.3) is 0 Å². The van der Waals surface area contributed by atoms with Gasteiger partial charge in [0.05, 0.1) is 5.25 Å². The number of benzene rings is 1. The number of nitrogens with zero attached hydrogens (tertiary/aromatic N) is 1. The summed E-state index contributed by atoms with van der Waals surface area (Å²) in [6, 6.07) is 9.13. The van der Waals surface area contributed by atoms with Crippen LogP contribution in [-0.4, -0.2) is 39.7 Å². The molecule has 1 amide bonds. The fourth-order valence-corrected chi connectivity index (χ4v) is 3.68. The van der Waals surface area contributed by atoms with Crippen molar-refractivity contribution in [2.75, 3.05) is 6.54 Å². The number of likely N-dealkylation sites (tertiary alicyclic amines) is 1. The van der Waals surface area contributed by atoms with E-state index in [0.717, 1.165) is 11.3 Å². The lowest BCUT2D eigenvalue weighted by Crippen LogP contribution is -2.45. The summed E-state index contributed by atoms with van der Waals surface area (Å²) in [6.07, 6.45) is 1.32. The molecule has 0 bridgehead atoms. The van der Waals surface area contributed by atoms with Gasteiger partial charge in [0.25, 0.3) is 0 Å². The van der Waals surface area contributed by atoms with Crippen molar-refractivity contribution in [3.63, 3.8) is 0 Å². The fourth-order valence-electron chi connectivity index (χ4n) is 2.57. The second-order valence-electron chi connectivity index (χ2n) is 5.62. The van der Waals surface area contributed by atoms with Gasteiger partial charge in [0.1, 0.15) is 6.04 Å². The summed E-state index contributed by atoms with van der Waals surface area (Å²) in [6.45, 7) is 4.56. The third kappa shape index (κ3) is 3.79. The molecule has 0 saturated carbocycles. The predicted octanol–water partition coefficient (Wildman–Crippen LogP) is 2.88. The van der Waals surface area contributed by atoms with Crippen LogP contribution in [0.4, 0.5) is 0 Å². The average Bonchev–Trinajstić information content (AvgIpc) is 2.94. The largest absolute Gasteiger partial charge is 0.480 e. The van der Waals surface area contributed by atoms with Gasteiger partial charge >= 0.3 is 5.97 Å². The topological polar surface area (TPSA) is 57.6 Å². The molecule has 0 aromatic heterocycles. The Labute approximate surface area is 129 Å². The van der Waals surface area contributed by atoms with Gasteiger partial charge in [-0.1, -0.05) is 32.0 Å². The molecule has 2 rings (SSSR count). The first-order chi connectivity index (χ1) is 10.0. The van der Waals surface area contributed by atoms with Crippen LogP contribution in [-0.2, 0) is 9.59 Å². The maximum absolute atomic E-state index is 12.7. The first-order valence-corrected chi connectivity index (χ1v) is 8.13. The van der Waals surface area contributed by atoms with Gasteiger partial charge in [-0.15, -0.1) is 11.8 Å². The van der Waals surface area contributed by atoms with Gasteiger partial charge in [0, 0.05) is 11.4 Å². The number of aliphatic carboxylic acids is 1. The minimum atomic E-state index is -0.895. The maximum atomic E-state index is 12.7. The Kier molecular flexibility index (Phi) is 5.28. The Hall–Kier alpha value is -1.49. The van der Waals surface area contributed by atoms with Crippen molar-refractivity contribution in [2.45, 2.75) is 42.9 Å². The summed E-state index contributed by atoms with van der Waals surface area (Å²) < 4.78 is 0. The smallest absolute Gasteiger partial charge is 0.326 e. The minimum Gasteiger partial charge on any atom is -0.480 e. The molecule has 1 saturated heterocycles. The van der Waals surface area contributed by atoms with Crippen LogP contribution in [0, 0.1) is 5.92 Å². The SMILES string of the molecule is CC(C)C(Sc1ccccc1)C(=O)N1CCCC1C(=O)O. The van der Waals surface area contributed by atoms with Crippen molar-refractivity contribution in [1.82, 2.24) is 4.90 Å². The summed E-state index contributed by atoms with van der Waals surface area (Å²) >= 11 is 1.52. The van der Waals surface area contributed by atoms with Crippen LogP contribution >= 0.6 is 11.8 Å². The molecule has 1 aromatic carbocycles. The molecule has 4 nitrogen and oxygen atoms in total. The molecule has 1 aliphatic heterocycles. The number of carboxylic acid groups (broad SMARTS) is 1. The third-order valence-corrected chi connectivity index (χ3v) is 5.22. The molecule has 5 heteroatoms. The summed E-state index contributed by atoms with van der Waals surface area (Å²) in [5.74, 6) is -0.797. The Morgan fingerprint density at radius 1 is 1.29 bits per heavy atom. The van der Waals surface area contributed by atoms with Crippen molar-refractivity contribution in [1.29, 1.82) is 0 Å². The number of hydrogen-bond donors (Lipinski definition) is 1. The molecule has 2 unspecified atom stereocenters. The molecular formula is C16H21NO3S. The number of carbonyl (C=O) groups excluding carboxylic acids is 1. The van der Waals surface area contributed by atoms with Crippen molar-refractivity contribution in [3.05, 3.63) is 30.3 Å². The monoisotopic (exact) mass is 307 g/mol. The summed E-state index contributed by atoms with van der Waals surface area (Å²) in [7, 11) is 0. The number of hydrogen-bond acceptors (Lipinski definition) is 3. The number of thioether (sulfide) groups is 1. The second kappa shape index (κ2) is 6.98. The molecular weight excluding hydrogens is 286 g/mol. The lowest BCUT2D eigenvalue weighted by molar-refractivity contribution is -0.148. The molecule has 0 aliphatic carbocycles. The highest BCUT2D eigenvalue weighted by Crippen LogP contribution is 2.31. The van der Waals surface area contributed by atoms with Crippen molar-refractivity contribution >= 4 is 23.6 Å². The lowest BCUT2D eigenvalue weighted by Gasteiger charge is -2.28. The van der Waals surface area contributed by atoms with E-state index in [9.17, 15) is 14.7 Å². The average molecular weight is 307 g/mol. The van der Waals surface area contributed by atoms with E-state index in [2.05, 4.69) is 0 Å². The molecule has 1 N–H and O–H groups in total. The maximum Gasteiger partial charge on any atom is 0.326 e. The molecule has 1 fully saturated rings. The van der Waals surface area contributed by atoms with E-state index in [4.69, 9.17) is 0 Å². The van der Waals surface area contributed by atoms with Gasteiger partial charge in [-0.05, 0) is 30.9 Å². The predicted molar refractivity (Wildman–Crippen MR) is 83.3 cm³/mol. The highest BCUT2D eigenvalue weighted by molar-refractivity contribution is 8.00. The number of amides is 1. The molecule has 1 aromatic rings.